The van der Waals surface area contributed by atoms with Gasteiger partial charge in [0.25, 0.3) is 0 Å². The van der Waals surface area contributed by atoms with Gasteiger partial charge in [-0.05, 0) is 19.3 Å². The SMILES string of the molecule is COC1(CNC/C=C/CCl)CCC1. The maximum Gasteiger partial charge on any atom is 0.0802 e. The minimum Gasteiger partial charge on any atom is -0.377 e. The van der Waals surface area contributed by atoms with E-state index < -0.39 is 0 Å². The summed E-state index contributed by atoms with van der Waals surface area (Å²) in [5.41, 5.74) is 0.134. The lowest BCUT2D eigenvalue weighted by Gasteiger charge is -2.40. The van der Waals surface area contributed by atoms with Crippen LogP contribution in [-0.4, -0.2) is 31.7 Å². The molecule has 1 N–H and O–H groups in total. The average Bonchev–Trinajstić information content (AvgIpc) is 2.09. The molecule has 0 bridgehead atoms. The van der Waals surface area contributed by atoms with E-state index >= 15 is 0 Å². The molecule has 0 unspecified atom stereocenters. The van der Waals surface area contributed by atoms with Crippen molar-refractivity contribution < 1.29 is 4.74 Å². The van der Waals surface area contributed by atoms with E-state index in [-0.39, 0.29) is 5.60 Å². The molecule has 0 aromatic heterocycles. The van der Waals surface area contributed by atoms with Crippen LogP contribution in [0.3, 0.4) is 0 Å². The van der Waals surface area contributed by atoms with E-state index in [1.807, 2.05) is 6.08 Å². The summed E-state index contributed by atoms with van der Waals surface area (Å²) < 4.78 is 5.47. The van der Waals surface area contributed by atoms with Crippen molar-refractivity contribution in [2.45, 2.75) is 24.9 Å². The normalized spacial score (nSPS) is 20.5. The standard InChI is InChI=1S/C10H18ClNO/c1-13-10(5-4-6-10)9-12-8-3-2-7-11/h2-3,12H,4-9H2,1H3/b3-2+. The highest BCUT2D eigenvalue weighted by atomic mass is 35.5. The summed E-state index contributed by atoms with van der Waals surface area (Å²) in [5, 5.41) is 3.34. The molecule has 0 spiro atoms. The molecule has 0 aromatic rings. The highest BCUT2D eigenvalue weighted by Gasteiger charge is 2.36. The molecule has 0 amide bonds. The number of allylic oxidation sites excluding steroid dienone is 1. The third-order valence-corrected chi connectivity index (χ3v) is 2.84. The van der Waals surface area contributed by atoms with Crippen molar-refractivity contribution in [1.82, 2.24) is 5.32 Å². The molecule has 0 heterocycles. The fourth-order valence-electron chi connectivity index (χ4n) is 1.55. The zero-order valence-corrected chi connectivity index (χ0v) is 8.94. The van der Waals surface area contributed by atoms with Gasteiger partial charge in [-0.1, -0.05) is 12.2 Å². The van der Waals surface area contributed by atoms with Crippen LogP contribution in [0.15, 0.2) is 12.2 Å². The summed E-state index contributed by atoms with van der Waals surface area (Å²) in [6, 6.07) is 0. The number of hydrogen-bond donors (Lipinski definition) is 1. The maximum atomic E-state index is 5.50. The second-order valence-electron chi connectivity index (χ2n) is 3.50. The second-order valence-corrected chi connectivity index (χ2v) is 3.81. The Morgan fingerprint density at radius 2 is 2.23 bits per heavy atom. The van der Waals surface area contributed by atoms with Gasteiger partial charge in [-0.15, -0.1) is 11.6 Å². The lowest BCUT2D eigenvalue weighted by atomic mass is 9.80. The first-order valence-corrected chi connectivity index (χ1v) is 5.33. The van der Waals surface area contributed by atoms with Crippen LogP contribution < -0.4 is 5.32 Å². The predicted octanol–water partition coefficient (Wildman–Crippen LogP) is 1.94. The zero-order chi connectivity index (χ0) is 9.57. The summed E-state index contributed by atoms with van der Waals surface area (Å²) in [7, 11) is 1.80. The minimum absolute atomic E-state index is 0.134. The number of hydrogen-bond acceptors (Lipinski definition) is 2. The monoisotopic (exact) mass is 203 g/mol. The van der Waals surface area contributed by atoms with Crippen LogP contribution in [0.25, 0.3) is 0 Å². The van der Waals surface area contributed by atoms with E-state index in [4.69, 9.17) is 16.3 Å². The molecule has 2 nitrogen and oxygen atoms in total. The Morgan fingerprint density at radius 3 is 2.69 bits per heavy atom. The molecule has 0 aliphatic heterocycles. The minimum atomic E-state index is 0.134. The molecule has 1 aliphatic rings. The fourth-order valence-corrected chi connectivity index (χ4v) is 1.68. The van der Waals surface area contributed by atoms with Gasteiger partial charge in [-0.2, -0.15) is 0 Å². The number of nitrogens with one attached hydrogen (secondary N) is 1. The molecule has 1 aliphatic carbocycles. The lowest BCUT2D eigenvalue weighted by Crippen LogP contribution is -2.47. The van der Waals surface area contributed by atoms with Gasteiger partial charge in [0.2, 0.25) is 0 Å². The summed E-state index contributed by atoms with van der Waals surface area (Å²) in [5.74, 6) is 0.594. The van der Waals surface area contributed by atoms with E-state index in [2.05, 4.69) is 11.4 Å². The average molecular weight is 204 g/mol. The van der Waals surface area contributed by atoms with E-state index in [1.54, 1.807) is 7.11 Å². The van der Waals surface area contributed by atoms with Gasteiger partial charge in [0.15, 0.2) is 0 Å². The topological polar surface area (TPSA) is 21.3 Å². The van der Waals surface area contributed by atoms with E-state index in [9.17, 15) is 0 Å². The second kappa shape index (κ2) is 5.63. The van der Waals surface area contributed by atoms with Crippen LogP contribution in [0.1, 0.15) is 19.3 Å². The van der Waals surface area contributed by atoms with E-state index in [0.29, 0.717) is 5.88 Å². The molecular formula is C10H18ClNO. The molecule has 13 heavy (non-hydrogen) atoms. The highest BCUT2D eigenvalue weighted by molar-refractivity contribution is 6.18. The molecule has 0 aromatic carbocycles. The largest absolute Gasteiger partial charge is 0.377 e. The van der Waals surface area contributed by atoms with Crippen LogP contribution in [0, 0.1) is 0 Å². The van der Waals surface area contributed by atoms with Crippen LogP contribution in [0.4, 0.5) is 0 Å². The molecule has 0 atom stereocenters. The van der Waals surface area contributed by atoms with Crippen LogP contribution in [-0.2, 0) is 4.74 Å². The van der Waals surface area contributed by atoms with Crippen molar-refractivity contribution in [3.63, 3.8) is 0 Å². The number of alkyl halides is 1. The van der Waals surface area contributed by atoms with Crippen molar-refractivity contribution in [3.05, 3.63) is 12.2 Å². The molecular weight excluding hydrogens is 186 g/mol. The Bertz CT molecular complexity index is 161. The first-order valence-electron chi connectivity index (χ1n) is 4.80. The summed E-state index contributed by atoms with van der Waals surface area (Å²) in [4.78, 5) is 0. The van der Waals surface area contributed by atoms with Crippen LogP contribution in [0.5, 0.6) is 0 Å². The van der Waals surface area contributed by atoms with Gasteiger partial charge >= 0.3 is 0 Å². The molecule has 1 rings (SSSR count). The number of rotatable bonds is 6. The van der Waals surface area contributed by atoms with Crippen molar-refractivity contribution >= 4 is 11.6 Å². The third-order valence-electron chi connectivity index (χ3n) is 2.66. The maximum absolute atomic E-state index is 5.50. The van der Waals surface area contributed by atoms with E-state index in [1.165, 1.54) is 19.3 Å². The van der Waals surface area contributed by atoms with Gasteiger partial charge < -0.3 is 10.1 Å². The molecule has 1 saturated carbocycles. The summed E-state index contributed by atoms with van der Waals surface area (Å²) >= 11 is 5.50. The van der Waals surface area contributed by atoms with Crippen LogP contribution >= 0.6 is 11.6 Å². The predicted molar refractivity (Wildman–Crippen MR) is 56.3 cm³/mol. The third kappa shape index (κ3) is 3.29. The highest BCUT2D eigenvalue weighted by Crippen LogP contribution is 2.34. The molecule has 1 fully saturated rings. The first-order chi connectivity index (χ1) is 6.33. The molecule has 0 radical (unpaired) electrons. The van der Waals surface area contributed by atoms with Gasteiger partial charge in [-0.3, -0.25) is 0 Å². The van der Waals surface area contributed by atoms with Crippen molar-refractivity contribution in [3.8, 4) is 0 Å². The Hall–Kier alpha value is -0.0500. The molecule has 0 saturated heterocycles. The summed E-state index contributed by atoms with van der Waals surface area (Å²) in [6.45, 7) is 1.84. The summed E-state index contributed by atoms with van der Waals surface area (Å²) in [6.07, 6.45) is 7.68. The Morgan fingerprint density at radius 1 is 1.46 bits per heavy atom. The van der Waals surface area contributed by atoms with E-state index in [0.717, 1.165) is 13.1 Å². The van der Waals surface area contributed by atoms with Crippen molar-refractivity contribution in [1.29, 1.82) is 0 Å². The Kier molecular flexibility index (Phi) is 4.78. The quantitative estimate of drug-likeness (QED) is 0.405. The van der Waals surface area contributed by atoms with Gasteiger partial charge in [-0.25, -0.2) is 0 Å². The number of methoxy groups -OCH3 is 1. The van der Waals surface area contributed by atoms with Crippen molar-refractivity contribution in [2.24, 2.45) is 0 Å². The molecule has 3 heteroatoms. The van der Waals surface area contributed by atoms with Crippen LogP contribution in [0.2, 0.25) is 0 Å². The smallest absolute Gasteiger partial charge is 0.0802 e. The Labute approximate surface area is 85.3 Å². The molecule has 76 valence electrons. The van der Waals surface area contributed by atoms with Gasteiger partial charge in [0.1, 0.15) is 0 Å². The fraction of sp³-hybridized carbons (Fsp3) is 0.800. The van der Waals surface area contributed by atoms with Gasteiger partial charge in [0.05, 0.1) is 5.60 Å². The van der Waals surface area contributed by atoms with Gasteiger partial charge in [0, 0.05) is 26.1 Å². The number of ether oxygens (including phenoxy) is 1. The Balaban J connectivity index is 2.07. The van der Waals surface area contributed by atoms with Crippen molar-refractivity contribution in [2.75, 3.05) is 26.1 Å². The number of halogens is 1. The first kappa shape index (κ1) is 11.0. The zero-order valence-electron chi connectivity index (χ0n) is 8.18. The lowest BCUT2D eigenvalue weighted by molar-refractivity contribution is -0.0687.